The van der Waals surface area contributed by atoms with Gasteiger partial charge in [0.2, 0.25) is 5.95 Å². The molecule has 2 aromatic rings. The fourth-order valence-corrected chi connectivity index (χ4v) is 1.62. The maximum absolute atomic E-state index is 11.9. The third-order valence-corrected chi connectivity index (χ3v) is 2.52. The van der Waals surface area contributed by atoms with E-state index in [1.807, 2.05) is 32.9 Å². The maximum Gasteiger partial charge on any atom is 1.00 e. The first-order valence-electron chi connectivity index (χ1n) is 6.88. The van der Waals surface area contributed by atoms with Gasteiger partial charge in [-0.3, -0.25) is 0 Å². The van der Waals surface area contributed by atoms with Gasteiger partial charge in [0.1, 0.15) is 5.60 Å². The number of carboxylic acid groups (broad SMARTS) is 2. The summed E-state index contributed by atoms with van der Waals surface area (Å²) in [7, 11) is 0. The van der Waals surface area contributed by atoms with Crippen LogP contribution in [0.1, 0.15) is 31.1 Å². The van der Waals surface area contributed by atoms with Crippen molar-refractivity contribution in [3.63, 3.8) is 0 Å². The monoisotopic (exact) mass is 377 g/mol. The first-order valence-corrected chi connectivity index (χ1v) is 6.88. The predicted octanol–water partition coefficient (Wildman–Crippen LogP) is -5.76. The maximum atomic E-state index is 11.9. The molecule has 0 spiro atoms. The van der Waals surface area contributed by atoms with Crippen LogP contribution in [0.25, 0.3) is 11.1 Å². The van der Waals surface area contributed by atoms with Crippen molar-refractivity contribution >= 4 is 18.1 Å². The van der Waals surface area contributed by atoms with E-state index >= 15 is 0 Å². The molecule has 0 atom stereocenters. The van der Waals surface area contributed by atoms with Gasteiger partial charge in [-0.25, -0.2) is 14.8 Å². The molecule has 1 aromatic heterocycles. The number of nitrogens with two attached hydrogens (primary N) is 1. The Morgan fingerprint density at radius 2 is 1.38 bits per heavy atom. The summed E-state index contributed by atoms with van der Waals surface area (Å²) in [5.41, 5.74) is 7.22. The van der Waals surface area contributed by atoms with E-state index in [9.17, 15) is 4.79 Å². The van der Waals surface area contributed by atoms with Gasteiger partial charge >= 0.3 is 65.1 Å². The van der Waals surface area contributed by atoms with E-state index in [-0.39, 0.29) is 71.0 Å². The van der Waals surface area contributed by atoms with Gasteiger partial charge in [-0.05, 0) is 44.6 Å². The minimum atomic E-state index is -2.33. The van der Waals surface area contributed by atoms with Crippen LogP contribution in [-0.4, -0.2) is 27.7 Å². The summed E-state index contributed by atoms with van der Waals surface area (Å²) in [6, 6.07) is 7.10. The molecular formula is C16H17N3Na2O5. The first-order chi connectivity index (χ1) is 11.1. The average molecular weight is 377 g/mol. The Hall–Kier alpha value is -1.16. The van der Waals surface area contributed by atoms with Crippen LogP contribution < -0.4 is 75.1 Å². The van der Waals surface area contributed by atoms with Crippen LogP contribution in [0.5, 0.6) is 0 Å². The van der Waals surface area contributed by atoms with Crippen molar-refractivity contribution in [3.05, 3.63) is 42.2 Å². The number of ether oxygens (including phenoxy) is 1. The smallest absolute Gasteiger partial charge is 0.652 e. The summed E-state index contributed by atoms with van der Waals surface area (Å²) in [6.45, 7) is 5.51. The molecule has 0 saturated carbocycles. The number of esters is 1. The third kappa shape index (κ3) is 10.7. The van der Waals surface area contributed by atoms with Gasteiger partial charge in [0, 0.05) is 18.0 Å². The molecule has 1 aromatic carbocycles. The van der Waals surface area contributed by atoms with E-state index in [0.717, 1.165) is 11.1 Å². The second-order valence-electron chi connectivity index (χ2n) is 5.66. The molecule has 0 unspecified atom stereocenters. The third-order valence-electron chi connectivity index (χ3n) is 2.52. The van der Waals surface area contributed by atoms with Gasteiger partial charge in [0.15, 0.2) is 0 Å². The number of hydrogen-bond donors (Lipinski definition) is 1. The molecule has 0 saturated heterocycles. The van der Waals surface area contributed by atoms with Gasteiger partial charge in [0.25, 0.3) is 0 Å². The minimum absolute atomic E-state index is 0. The number of nitrogen functional groups attached to an aromatic ring is 1. The largest absolute Gasteiger partial charge is 1.00 e. The molecule has 1 heterocycles. The Morgan fingerprint density at radius 3 is 1.77 bits per heavy atom. The molecule has 0 radical (unpaired) electrons. The molecular weight excluding hydrogens is 360 g/mol. The van der Waals surface area contributed by atoms with Crippen LogP contribution in [0.2, 0.25) is 0 Å². The second kappa shape index (κ2) is 12.3. The normalized spacial score (nSPS) is 9.50. The molecule has 0 aliphatic carbocycles. The summed E-state index contributed by atoms with van der Waals surface area (Å²) in [5, 5.41) is 16.7. The molecule has 0 aliphatic rings. The van der Waals surface area contributed by atoms with Crippen molar-refractivity contribution in [2.24, 2.45) is 0 Å². The number of anilines is 1. The number of aromatic nitrogens is 2. The molecule has 2 rings (SSSR count). The SMILES string of the molecule is CC(C)(C)OC(=O)c1ccc(-c2cnc(N)nc2)cc1.O=C([O-])[O-].[Na+].[Na+]. The summed E-state index contributed by atoms with van der Waals surface area (Å²) in [6.07, 6.45) is 0.954. The summed E-state index contributed by atoms with van der Waals surface area (Å²) >= 11 is 0. The quantitative estimate of drug-likeness (QED) is 0.403. The van der Waals surface area contributed by atoms with Crippen LogP contribution in [0.4, 0.5) is 10.7 Å². The van der Waals surface area contributed by atoms with Gasteiger partial charge in [-0.15, -0.1) is 0 Å². The first kappa shape index (κ1) is 27.1. The van der Waals surface area contributed by atoms with E-state index in [2.05, 4.69) is 9.97 Å². The number of hydrogen-bond acceptors (Lipinski definition) is 8. The minimum Gasteiger partial charge on any atom is -0.652 e. The van der Waals surface area contributed by atoms with E-state index in [0.29, 0.717) is 5.56 Å². The Labute approximate surface area is 195 Å². The van der Waals surface area contributed by atoms with Crippen molar-refractivity contribution in [2.75, 3.05) is 5.73 Å². The number of carbonyl (C=O) groups is 2. The standard InChI is InChI=1S/C15H17N3O2.CH2O3.2Na/c1-15(2,3)20-13(19)11-6-4-10(5-7-11)12-8-17-14(16)18-9-12;2-1(3)4;;/h4-9H,1-3H3,(H2,16,17,18);(H2,2,3,4);;/q;;2*+1/p-2. The van der Waals surface area contributed by atoms with Crippen molar-refractivity contribution in [1.82, 2.24) is 9.97 Å². The van der Waals surface area contributed by atoms with Crippen molar-refractivity contribution < 1.29 is 83.7 Å². The molecule has 26 heavy (non-hydrogen) atoms. The second-order valence-corrected chi connectivity index (χ2v) is 5.66. The molecule has 8 nitrogen and oxygen atoms in total. The Kier molecular flexibility index (Phi) is 12.8. The fraction of sp³-hybridized carbons (Fsp3) is 0.250. The molecule has 0 amide bonds. The Bertz CT molecular complexity index is 697. The van der Waals surface area contributed by atoms with Crippen LogP contribution in [0.3, 0.4) is 0 Å². The van der Waals surface area contributed by atoms with Crippen LogP contribution in [-0.2, 0) is 4.74 Å². The molecule has 10 heteroatoms. The number of nitrogens with zero attached hydrogens (tertiary/aromatic N) is 2. The van der Waals surface area contributed by atoms with Crippen molar-refractivity contribution in [3.8, 4) is 11.1 Å². The van der Waals surface area contributed by atoms with E-state index in [1.165, 1.54) is 0 Å². The zero-order valence-electron chi connectivity index (χ0n) is 15.5. The van der Waals surface area contributed by atoms with E-state index in [4.69, 9.17) is 25.5 Å². The average Bonchev–Trinajstić information content (AvgIpc) is 2.46. The van der Waals surface area contributed by atoms with Gasteiger partial charge in [0.05, 0.1) is 5.56 Å². The van der Waals surface area contributed by atoms with Crippen LogP contribution >= 0.6 is 0 Å². The van der Waals surface area contributed by atoms with Gasteiger partial charge < -0.3 is 25.5 Å². The Morgan fingerprint density at radius 1 is 0.962 bits per heavy atom. The van der Waals surface area contributed by atoms with Gasteiger partial charge in [-0.1, -0.05) is 12.1 Å². The fourth-order valence-electron chi connectivity index (χ4n) is 1.62. The molecule has 0 aliphatic heterocycles. The number of benzene rings is 1. The molecule has 128 valence electrons. The zero-order valence-corrected chi connectivity index (χ0v) is 19.5. The molecule has 0 bridgehead atoms. The van der Waals surface area contributed by atoms with Crippen molar-refractivity contribution in [1.29, 1.82) is 0 Å². The van der Waals surface area contributed by atoms with E-state index in [1.54, 1.807) is 24.5 Å². The van der Waals surface area contributed by atoms with E-state index < -0.39 is 11.8 Å². The molecule has 2 N–H and O–H groups in total. The van der Waals surface area contributed by atoms with Gasteiger partial charge in [-0.2, -0.15) is 0 Å². The zero-order chi connectivity index (χ0) is 18.3. The number of carbonyl (C=O) groups excluding carboxylic acids is 2. The predicted molar refractivity (Wildman–Crippen MR) is 82.4 cm³/mol. The Balaban J connectivity index is 0. The van der Waals surface area contributed by atoms with Crippen LogP contribution in [0, 0.1) is 0 Å². The van der Waals surface area contributed by atoms with Crippen molar-refractivity contribution in [2.45, 2.75) is 26.4 Å². The molecule has 0 fully saturated rings. The number of rotatable bonds is 2. The summed E-state index contributed by atoms with van der Waals surface area (Å²) < 4.78 is 5.30. The van der Waals surface area contributed by atoms with Crippen LogP contribution in [0.15, 0.2) is 36.7 Å². The summed E-state index contributed by atoms with van der Waals surface area (Å²) in [4.78, 5) is 28.1. The summed E-state index contributed by atoms with van der Waals surface area (Å²) in [5.74, 6) is -0.100. The topological polar surface area (TPSA) is 141 Å².